The SMILES string of the molecule is Cc1ccc(CCCNC(=O)C2COc3ccccc3C2)c(C)c1. The number of rotatable bonds is 5. The number of para-hydroxylation sites is 1. The standard InChI is InChI=1S/C21H25NO2/c1-15-9-10-17(16(2)12-15)7-5-11-22-21(23)19-13-18-6-3-4-8-20(18)24-14-19/h3-4,6,8-10,12,19H,5,7,11,13-14H2,1-2H3,(H,22,23). The van der Waals surface area contributed by atoms with Crippen molar-refractivity contribution in [3.63, 3.8) is 0 Å². The second-order valence-corrected chi connectivity index (χ2v) is 6.64. The number of carbonyl (C=O) groups excluding carboxylic acids is 1. The van der Waals surface area contributed by atoms with Gasteiger partial charge in [0.1, 0.15) is 12.4 Å². The van der Waals surface area contributed by atoms with Crippen molar-refractivity contribution in [2.75, 3.05) is 13.2 Å². The zero-order valence-electron chi connectivity index (χ0n) is 14.5. The lowest BCUT2D eigenvalue weighted by molar-refractivity contribution is -0.126. The largest absolute Gasteiger partial charge is 0.492 e. The van der Waals surface area contributed by atoms with Crippen molar-refractivity contribution in [3.8, 4) is 5.75 Å². The first-order valence-corrected chi connectivity index (χ1v) is 8.68. The van der Waals surface area contributed by atoms with Crippen LogP contribution in [0.3, 0.4) is 0 Å². The predicted molar refractivity (Wildman–Crippen MR) is 96.4 cm³/mol. The average Bonchev–Trinajstić information content (AvgIpc) is 2.59. The molecule has 1 aliphatic rings. The van der Waals surface area contributed by atoms with Gasteiger partial charge in [-0.1, -0.05) is 42.0 Å². The molecule has 1 heterocycles. The molecule has 1 aliphatic heterocycles. The lowest BCUT2D eigenvalue weighted by Crippen LogP contribution is -2.37. The summed E-state index contributed by atoms with van der Waals surface area (Å²) < 4.78 is 5.70. The molecule has 3 nitrogen and oxygen atoms in total. The van der Waals surface area contributed by atoms with Crippen LogP contribution < -0.4 is 10.1 Å². The molecule has 0 aliphatic carbocycles. The zero-order valence-corrected chi connectivity index (χ0v) is 14.5. The van der Waals surface area contributed by atoms with E-state index in [-0.39, 0.29) is 11.8 Å². The number of hydrogen-bond acceptors (Lipinski definition) is 2. The van der Waals surface area contributed by atoms with Gasteiger partial charge in [0.05, 0.1) is 5.92 Å². The van der Waals surface area contributed by atoms with Gasteiger partial charge >= 0.3 is 0 Å². The molecule has 0 aromatic heterocycles. The summed E-state index contributed by atoms with van der Waals surface area (Å²) in [6.07, 6.45) is 2.72. The van der Waals surface area contributed by atoms with Crippen LogP contribution in [0.4, 0.5) is 0 Å². The summed E-state index contributed by atoms with van der Waals surface area (Å²) in [4.78, 5) is 12.3. The molecule has 3 heteroatoms. The Kier molecular flexibility index (Phi) is 5.19. The first-order valence-electron chi connectivity index (χ1n) is 8.68. The molecule has 2 aromatic carbocycles. The number of amides is 1. The van der Waals surface area contributed by atoms with Crippen LogP contribution in [0.5, 0.6) is 5.75 Å². The third-order valence-corrected chi connectivity index (χ3v) is 4.67. The number of nitrogens with one attached hydrogen (secondary N) is 1. The maximum absolute atomic E-state index is 12.3. The number of fused-ring (bicyclic) bond motifs is 1. The molecule has 0 spiro atoms. The second kappa shape index (κ2) is 7.52. The van der Waals surface area contributed by atoms with Gasteiger partial charge in [-0.05, 0) is 55.9 Å². The first kappa shape index (κ1) is 16.6. The van der Waals surface area contributed by atoms with Gasteiger partial charge in [0.25, 0.3) is 0 Å². The average molecular weight is 323 g/mol. The fourth-order valence-electron chi connectivity index (χ4n) is 3.26. The molecule has 126 valence electrons. The van der Waals surface area contributed by atoms with E-state index >= 15 is 0 Å². The van der Waals surface area contributed by atoms with E-state index < -0.39 is 0 Å². The molecule has 0 saturated heterocycles. The number of carbonyl (C=O) groups is 1. The van der Waals surface area contributed by atoms with Crippen molar-refractivity contribution in [3.05, 3.63) is 64.7 Å². The maximum atomic E-state index is 12.3. The lowest BCUT2D eigenvalue weighted by Gasteiger charge is -2.24. The number of aryl methyl sites for hydroxylation is 3. The highest BCUT2D eigenvalue weighted by Gasteiger charge is 2.25. The number of ether oxygens (including phenoxy) is 1. The summed E-state index contributed by atoms with van der Waals surface area (Å²) in [7, 11) is 0. The van der Waals surface area contributed by atoms with Crippen molar-refractivity contribution >= 4 is 5.91 Å². The van der Waals surface area contributed by atoms with Crippen LogP contribution in [0, 0.1) is 19.8 Å². The Morgan fingerprint density at radius 1 is 1.21 bits per heavy atom. The highest BCUT2D eigenvalue weighted by atomic mass is 16.5. The van der Waals surface area contributed by atoms with Gasteiger partial charge in [-0.25, -0.2) is 0 Å². The minimum Gasteiger partial charge on any atom is -0.492 e. The van der Waals surface area contributed by atoms with Crippen LogP contribution in [-0.4, -0.2) is 19.1 Å². The molecule has 2 aromatic rings. The third-order valence-electron chi connectivity index (χ3n) is 4.67. The summed E-state index contributed by atoms with van der Waals surface area (Å²) in [5.74, 6) is 0.933. The second-order valence-electron chi connectivity index (χ2n) is 6.64. The van der Waals surface area contributed by atoms with E-state index in [0.29, 0.717) is 13.2 Å². The molecule has 0 fully saturated rings. The molecule has 0 radical (unpaired) electrons. The molecule has 1 unspecified atom stereocenters. The first-order chi connectivity index (χ1) is 11.6. The number of hydrogen-bond donors (Lipinski definition) is 1. The van der Waals surface area contributed by atoms with Crippen LogP contribution in [0.1, 0.15) is 28.7 Å². The van der Waals surface area contributed by atoms with Gasteiger partial charge in [0.2, 0.25) is 5.91 Å². The summed E-state index contributed by atoms with van der Waals surface area (Å²) in [5.41, 5.74) is 5.12. The lowest BCUT2D eigenvalue weighted by atomic mass is 9.96. The smallest absolute Gasteiger partial charge is 0.226 e. The topological polar surface area (TPSA) is 38.3 Å². The quantitative estimate of drug-likeness (QED) is 0.854. The maximum Gasteiger partial charge on any atom is 0.226 e. The van der Waals surface area contributed by atoms with Crippen LogP contribution in [0.2, 0.25) is 0 Å². The van der Waals surface area contributed by atoms with E-state index in [9.17, 15) is 4.79 Å². The van der Waals surface area contributed by atoms with Crippen molar-refractivity contribution in [1.29, 1.82) is 0 Å². The minimum absolute atomic E-state index is 0.0824. The van der Waals surface area contributed by atoms with Gasteiger partial charge in [-0.15, -0.1) is 0 Å². The summed E-state index contributed by atoms with van der Waals surface area (Å²) in [5, 5.41) is 3.07. The van der Waals surface area contributed by atoms with E-state index in [1.807, 2.05) is 24.3 Å². The van der Waals surface area contributed by atoms with Crippen molar-refractivity contribution < 1.29 is 9.53 Å². The van der Waals surface area contributed by atoms with E-state index in [1.54, 1.807) is 0 Å². The Balaban J connectivity index is 1.45. The molecule has 0 saturated carbocycles. The molecular weight excluding hydrogens is 298 g/mol. The van der Waals surface area contributed by atoms with Gasteiger partial charge < -0.3 is 10.1 Å². The van der Waals surface area contributed by atoms with Crippen LogP contribution >= 0.6 is 0 Å². The van der Waals surface area contributed by atoms with E-state index in [4.69, 9.17) is 4.74 Å². The van der Waals surface area contributed by atoms with Gasteiger partial charge in [0, 0.05) is 6.54 Å². The highest BCUT2D eigenvalue weighted by molar-refractivity contribution is 5.79. The number of benzene rings is 2. The van der Waals surface area contributed by atoms with Crippen molar-refractivity contribution in [2.24, 2.45) is 5.92 Å². The molecule has 1 amide bonds. The molecule has 1 N–H and O–H groups in total. The fourth-order valence-corrected chi connectivity index (χ4v) is 3.26. The summed E-state index contributed by atoms with van der Waals surface area (Å²) >= 11 is 0. The molecule has 0 bridgehead atoms. The van der Waals surface area contributed by atoms with Gasteiger partial charge in [0.15, 0.2) is 0 Å². The Hall–Kier alpha value is -2.29. The normalized spacial score (nSPS) is 16.2. The molecule has 1 atom stereocenters. The summed E-state index contributed by atoms with van der Waals surface area (Å²) in [6, 6.07) is 14.5. The zero-order chi connectivity index (χ0) is 16.9. The Bertz CT molecular complexity index is 724. The Morgan fingerprint density at radius 2 is 2.04 bits per heavy atom. The van der Waals surface area contributed by atoms with E-state index in [2.05, 4.69) is 37.4 Å². The van der Waals surface area contributed by atoms with Crippen molar-refractivity contribution in [1.82, 2.24) is 5.32 Å². The fraction of sp³-hybridized carbons (Fsp3) is 0.381. The van der Waals surface area contributed by atoms with E-state index in [0.717, 1.165) is 30.6 Å². The van der Waals surface area contributed by atoms with Crippen LogP contribution in [0.25, 0.3) is 0 Å². The Morgan fingerprint density at radius 3 is 2.88 bits per heavy atom. The minimum atomic E-state index is -0.0824. The Labute approximate surface area is 144 Å². The van der Waals surface area contributed by atoms with E-state index in [1.165, 1.54) is 16.7 Å². The predicted octanol–water partition coefficient (Wildman–Crippen LogP) is 3.60. The molecular formula is C21H25NO2. The van der Waals surface area contributed by atoms with Gasteiger partial charge in [-0.3, -0.25) is 4.79 Å². The van der Waals surface area contributed by atoms with Gasteiger partial charge in [-0.2, -0.15) is 0 Å². The monoisotopic (exact) mass is 323 g/mol. The molecule has 24 heavy (non-hydrogen) atoms. The van der Waals surface area contributed by atoms with Crippen LogP contribution in [-0.2, 0) is 17.6 Å². The summed E-state index contributed by atoms with van der Waals surface area (Å²) in [6.45, 7) is 5.45. The highest BCUT2D eigenvalue weighted by Crippen LogP contribution is 2.26. The molecule has 3 rings (SSSR count). The van der Waals surface area contributed by atoms with Crippen molar-refractivity contribution in [2.45, 2.75) is 33.1 Å². The third kappa shape index (κ3) is 3.97. The van der Waals surface area contributed by atoms with Crippen LogP contribution in [0.15, 0.2) is 42.5 Å².